The molecule has 1 atom stereocenters. The molecule has 1 unspecified atom stereocenters. The molecule has 0 saturated carbocycles. The first-order chi connectivity index (χ1) is 11.5. The molecule has 0 radical (unpaired) electrons. The zero-order valence-corrected chi connectivity index (χ0v) is 14.0. The van der Waals surface area contributed by atoms with Gasteiger partial charge in [0.15, 0.2) is 5.75 Å². The zero-order valence-electron chi connectivity index (χ0n) is 14.0. The topological polar surface area (TPSA) is 70.8 Å². The SMILES string of the molecule is CCCCC(C)(N)C(=O)OOc1ccc(Oc2ccccc2)cc1. The minimum Gasteiger partial charge on any atom is -0.457 e. The van der Waals surface area contributed by atoms with Crippen LogP contribution in [0.5, 0.6) is 17.2 Å². The molecule has 2 aromatic rings. The number of benzene rings is 2. The third kappa shape index (κ3) is 5.28. The maximum atomic E-state index is 12.0. The van der Waals surface area contributed by atoms with E-state index in [1.54, 1.807) is 31.2 Å². The second-order valence-electron chi connectivity index (χ2n) is 5.86. The maximum Gasteiger partial charge on any atom is 0.374 e. The van der Waals surface area contributed by atoms with Gasteiger partial charge < -0.3 is 10.5 Å². The van der Waals surface area contributed by atoms with Gasteiger partial charge in [-0.25, -0.2) is 9.68 Å². The van der Waals surface area contributed by atoms with Gasteiger partial charge in [-0.1, -0.05) is 38.0 Å². The number of nitrogens with two attached hydrogens (primary N) is 1. The fourth-order valence-electron chi connectivity index (χ4n) is 2.02. The molecule has 0 aliphatic carbocycles. The molecule has 0 amide bonds. The molecular formula is C19H23NO4. The Morgan fingerprint density at radius 3 is 2.21 bits per heavy atom. The molecule has 0 saturated heterocycles. The summed E-state index contributed by atoms with van der Waals surface area (Å²) in [6, 6.07) is 16.2. The van der Waals surface area contributed by atoms with Crippen molar-refractivity contribution >= 4 is 5.97 Å². The van der Waals surface area contributed by atoms with E-state index in [2.05, 4.69) is 0 Å². The Balaban J connectivity index is 1.86. The highest BCUT2D eigenvalue weighted by Crippen LogP contribution is 2.24. The summed E-state index contributed by atoms with van der Waals surface area (Å²) in [5.74, 6) is 1.22. The van der Waals surface area contributed by atoms with Crippen LogP contribution in [0.15, 0.2) is 54.6 Å². The summed E-state index contributed by atoms with van der Waals surface area (Å²) < 4.78 is 5.67. The second kappa shape index (κ2) is 8.36. The molecular weight excluding hydrogens is 306 g/mol. The molecule has 0 fully saturated rings. The van der Waals surface area contributed by atoms with E-state index < -0.39 is 11.5 Å². The van der Waals surface area contributed by atoms with Crippen LogP contribution in [0.1, 0.15) is 33.1 Å². The van der Waals surface area contributed by atoms with Gasteiger partial charge in [-0.15, -0.1) is 0 Å². The molecule has 5 nitrogen and oxygen atoms in total. The Bertz CT molecular complexity index is 638. The summed E-state index contributed by atoms with van der Waals surface area (Å²) in [6.07, 6.45) is 2.37. The molecule has 2 aromatic carbocycles. The van der Waals surface area contributed by atoms with Crippen LogP contribution in [0.2, 0.25) is 0 Å². The van der Waals surface area contributed by atoms with Gasteiger partial charge in [0.2, 0.25) is 0 Å². The predicted molar refractivity (Wildman–Crippen MR) is 91.8 cm³/mol. The van der Waals surface area contributed by atoms with Gasteiger partial charge in [0, 0.05) is 0 Å². The number of rotatable bonds is 8. The van der Waals surface area contributed by atoms with Crippen LogP contribution in [0.25, 0.3) is 0 Å². The van der Waals surface area contributed by atoms with Crippen LogP contribution < -0.4 is 15.4 Å². The van der Waals surface area contributed by atoms with Crippen molar-refractivity contribution in [2.75, 3.05) is 0 Å². The zero-order chi connectivity index (χ0) is 17.4. The van der Waals surface area contributed by atoms with Gasteiger partial charge in [0.1, 0.15) is 17.0 Å². The average Bonchev–Trinajstić information content (AvgIpc) is 2.60. The summed E-state index contributed by atoms with van der Waals surface area (Å²) in [6.45, 7) is 3.68. The number of para-hydroxylation sites is 1. The van der Waals surface area contributed by atoms with Crippen molar-refractivity contribution < 1.29 is 19.3 Å². The van der Waals surface area contributed by atoms with E-state index in [9.17, 15) is 4.79 Å². The normalized spacial score (nSPS) is 13.0. The monoisotopic (exact) mass is 329 g/mol. The minimum absolute atomic E-state index is 0.398. The lowest BCUT2D eigenvalue weighted by atomic mass is 9.97. The predicted octanol–water partition coefficient (Wildman–Crippen LogP) is 4.22. The van der Waals surface area contributed by atoms with Crippen molar-refractivity contribution in [1.82, 2.24) is 0 Å². The first-order valence-electron chi connectivity index (χ1n) is 8.02. The standard InChI is InChI=1S/C19H23NO4/c1-3-4-14-19(2,20)18(21)24-23-17-12-10-16(11-13-17)22-15-8-6-5-7-9-15/h5-13H,3-4,14,20H2,1-2H3. The van der Waals surface area contributed by atoms with E-state index in [1.807, 2.05) is 37.3 Å². The molecule has 0 spiro atoms. The fourth-order valence-corrected chi connectivity index (χ4v) is 2.02. The van der Waals surface area contributed by atoms with E-state index in [0.29, 0.717) is 17.9 Å². The fraction of sp³-hybridized carbons (Fsp3) is 0.316. The Morgan fingerprint density at radius 2 is 1.58 bits per heavy atom. The molecule has 0 aromatic heterocycles. The number of unbranched alkanes of at least 4 members (excludes halogenated alkanes) is 1. The third-order valence-electron chi connectivity index (χ3n) is 3.53. The quantitative estimate of drug-likeness (QED) is 0.580. The Hall–Kier alpha value is -2.53. The van der Waals surface area contributed by atoms with Gasteiger partial charge in [0.25, 0.3) is 0 Å². The van der Waals surface area contributed by atoms with Crippen LogP contribution in [-0.2, 0) is 9.68 Å². The summed E-state index contributed by atoms with van der Waals surface area (Å²) in [4.78, 5) is 21.9. The molecule has 2 rings (SSSR count). The van der Waals surface area contributed by atoms with Crippen molar-refractivity contribution in [2.45, 2.75) is 38.6 Å². The van der Waals surface area contributed by atoms with Crippen molar-refractivity contribution in [3.63, 3.8) is 0 Å². The Morgan fingerprint density at radius 1 is 1.00 bits per heavy atom. The van der Waals surface area contributed by atoms with Crippen LogP contribution in [0.3, 0.4) is 0 Å². The van der Waals surface area contributed by atoms with Gasteiger partial charge in [0.05, 0.1) is 0 Å². The van der Waals surface area contributed by atoms with E-state index >= 15 is 0 Å². The minimum atomic E-state index is -1.05. The van der Waals surface area contributed by atoms with Crippen molar-refractivity contribution in [3.05, 3.63) is 54.6 Å². The van der Waals surface area contributed by atoms with Crippen LogP contribution >= 0.6 is 0 Å². The van der Waals surface area contributed by atoms with E-state index in [4.69, 9.17) is 20.2 Å². The second-order valence-corrected chi connectivity index (χ2v) is 5.86. The highest BCUT2D eigenvalue weighted by atomic mass is 17.2. The number of carbonyl (C=O) groups excluding carboxylic acids is 1. The molecule has 128 valence electrons. The van der Waals surface area contributed by atoms with Gasteiger partial charge >= 0.3 is 5.97 Å². The molecule has 0 heterocycles. The number of carbonyl (C=O) groups is 1. The van der Waals surface area contributed by atoms with E-state index in [-0.39, 0.29) is 0 Å². The third-order valence-corrected chi connectivity index (χ3v) is 3.53. The largest absolute Gasteiger partial charge is 0.457 e. The van der Waals surface area contributed by atoms with Gasteiger partial charge in [-0.05, 0) is 49.7 Å². The highest BCUT2D eigenvalue weighted by molar-refractivity contribution is 5.79. The summed E-state index contributed by atoms with van der Waals surface area (Å²) in [5.41, 5.74) is 4.90. The molecule has 5 heteroatoms. The average molecular weight is 329 g/mol. The van der Waals surface area contributed by atoms with Crippen molar-refractivity contribution in [2.24, 2.45) is 5.73 Å². The Labute approximate surface area is 142 Å². The molecule has 24 heavy (non-hydrogen) atoms. The summed E-state index contributed by atoms with van der Waals surface area (Å²) in [5, 5.41) is 0. The molecule has 0 aliphatic rings. The number of hydrogen-bond acceptors (Lipinski definition) is 5. The van der Waals surface area contributed by atoms with Crippen molar-refractivity contribution in [1.29, 1.82) is 0 Å². The highest BCUT2D eigenvalue weighted by Gasteiger charge is 2.31. The first-order valence-corrected chi connectivity index (χ1v) is 8.02. The van der Waals surface area contributed by atoms with E-state index in [1.165, 1.54) is 0 Å². The van der Waals surface area contributed by atoms with Crippen LogP contribution in [0, 0.1) is 0 Å². The lowest BCUT2D eigenvalue weighted by molar-refractivity contribution is -0.219. The maximum absolute atomic E-state index is 12.0. The Kier molecular flexibility index (Phi) is 6.21. The van der Waals surface area contributed by atoms with Gasteiger partial charge in [-0.2, -0.15) is 0 Å². The lowest BCUT2D eigenvalue weighted by Crippen LogP contribution is -2.46. The first kappa shape index (κ1) is 17.8. The van der Waals surface area contributed by atoms with Crippen molar-refractivity contribution in [3.8, 4) is 17.2 Å². The van der Waals surface area contributed by atoms with Crippen LogP contribution in [-0.4, -0.2) is 11.5 Å². The van der Waals surface area contributed by atoms with Gasteiger partial charge in [-0.3, -0.25) is 4.89 Å². The smallest absolute Gasteiger partial charge is 0.374 e. The van der Waals surface area contributed by atoms with Crippen LogP contribution in [0.4, 0.5) is 0 Å². The summed E-state index contributed by atoms with van der Waals surface area (Å²) in [7, 11) is 0. The molecule has 2 N–H and O–H groups in total. The molecule has 0 bridgehead atoms. The number of ether oxygens (including phenoxy) is 1. The lowest BCUT2D eigenvalue weighted by Gasteiger charge is -2.20. The number of hydrogen-bond donors (Lipinski definition) is 1. The molecule has 0 aliphatic heterocycles. The summed E-state index contributed by atoms with van der Waals surface area (Å²) >= 11 is 0. The van der Waals surface area contributed by atoms with E-state index in [0.717, 1.165) is 18.6 Å².